The number of nitriles is 1. The summed E-state index contributed by atoms with van der Waals surface area (Å²) < 4.78 is 0. The van der Waals surface area contributed by atoms with E-state index >= 15 is 0 Å². The maximum Gasteiger partial charge on any atom is 0.314 e. The fourth-order valence-corrected chi connectivity index (χ4v) is 2.24. The van der Waals surface area contributed by atoms with Crippen LogP contribution in [0.15, 0.2) is 0 Å². The average molecular weight is 267 g/mol. The third-order valence-electron chi connectivity index (χ3n) is 3.43. The van der Waals surface area contributed by atoms with E-state index in [-0.39, 0.29) is 18.4 Å². The fourth-order valence-electron chi connectivity index (χ4n) is 2.24. The summed E-state index contributed by atoms with van der Waals surface area (Å²) in [5.74, 6) is -0.216. The molecule has 1 aliphatic carbocycles. The van der Waals surface area contributed by atoms with Crippen molar-refractivity contribution < 1.29 is 14.7 Å². The number of carboxylic acid groups (broad SMARTS) is 1. The second-order valence-electron chi connectivity index (χ2n) is 4.98. The van der Waals surface area contributed by atoms with Gasteiger partial charge in [0.2, 0.25) is 0 Å². The second-order valence-corrected chi connectivity index (χ2v) is 4.98. The first-order valence-electron chi connectivity index (χ1n) is 6.75. The van der Waals surface area contributed by atoms with Gasteiger partial charge < -0.3 is 15.7 Å². The third-order valence-corrected chi connectivity index (χ3v) is 3.43. The molecule has 0 aromatic carbocycles. The van der Waals surface area contributed by atoms with E-state index < -0.39 is 5.97 Å². The van der Waals surface area contributed by atoms with Crippen molar-refractivity contribution in [2.24, 2.45) is 11.8 Å². The zero-order valence-electron chi connectivity index (χ0n) is 11.0. The Morgan fingerprint density at radius 3 is 2.47 bits per heavy atom. The number of carbonyl (C=O) groups excluding carboxylic acids is 1. The number of aliphatic carboxylic acids is 1. The van der Waals surface area contributed by atoms with Crippen LogP contribution in [-0.4, -0.2) is 30.2 Å². The molecule has 0 spiro atoms. The quantitative estimate of drug-likeness (QED) is 0.634. The lowest BCUT2D eigenvalue weighted by atomic mass is 9.83. The molecule has 0 aromatic rings. The monoisotopic (exact) mass is 267 g/mol. The molecule has 106 valence electrons. The van der Waals surface area contributed by atoms with Crippen LogP contribution in [0.4, 0.5) is 4.79 Å². The molecule has 3 N–H and O–H groups in total. The van der Waals surface area contributed by atoms with Crippen LogP contribution in [0.3, 0.4) is 0 Å². The van der Waals surface area contributed by atoms with E-state index in [0.29, 0.717) is 25.4 Å². The van der Waals surface area contributed by atoms with E-state index in [2.05, 4.69) is 16.7 Å². The summed E-state index contributed by atoms with van der Waals surface area (Å²) in [4.78, 5) is 21.7. The van der Waals surface area contributed by atoms with Gasteiger partial charge in [0.05, 0.1) is 6.07 Å². The van der Waals surface area contributed by atoms with Crippen LogP contribution in [0.2, 0.25) is 0 Å². The Morgan fingerprint density at radius 2 is 1.89 bits per heavy atom. The van der Waals surface area contributed by atoms with Crippen LogP contribution >= 0.6 is 0 Å². The van der Waals surface area contributed by atoms with Gasteiger partial charge >= 0.3 is 12.0 Å². The minimum absolute atomic E-state index is 0.0679. The van der Waals surface area contributed by atoms with Gasteiger partial charge in [0.1, 0.15) is 0 Å². The lowest BCUT2D eigenvalue weighted by Crippen LogP contribution is -2.39. The Labute approximate surface area is 113 Å². The number of carbonyl (C=O) groups is 2. The molecule has 0 bridgehead atoms. The van der Waals surface area contributed by atoms with Gasteiger partial charge in [-0.25, -0.2) is 4.79 Å². The predicted molar refractivity (Wildman–Crippen MR) is 69.3 cm³/mol. The van der Waals surface area contributed by atoms with E-state index in [1.807, 2.05) is 0 Å². The molecule has 1 saturated carbocycles. The summed E-state index contributed by atoms with van der Waals surface area (Å²) in [6.07, 6.45) is 4.32. The predicted octanol–water partition coefficient (Wildman–Crippen LogP) is 1.48. The molecule has 6 nitrogen and oxygen atoms in total. The highest BCUT2D eigenvalue weighted by molar-refractivity contribution is 5.73. The van der Waals surface area contributed by atoms with E-state index in [1.54, 1.807) is 0 Å². The number of hydrogen-bond donors (Lipinski definition) is 3. The fraction of sp³-hybridized carbons (Fsp3) is 0.769. The Kier molecular flexibility index (Phi) is 6.72. The van der Waals surface area contributed by atoms with Gasteiger partial charge in [-0.1, -0.05) is 0 Å². The summed E-state index contributed by atoms with van der Waals surface area (Å²) in [5.41, 5.74) is 0. The molecule has 1 rings (SSSR count). The minimum atomic E-state index is -0.850. The van der Waals surface area contributed by atoms with Crippen molar-refractivity contribution in [3.05, 3.63) is 0 Å². The standard InChI is InChI=1S/C13H21N3O3/c14-8-10-3-5-11(6-4-10)9-16-13(19)15-7-1-2-12(17)18/h10-11H,1-7,9H2,(H,17,18)(H2,15,16,19). The van der Waals surface area contributed by atoms with E-state index in [1.165, 1.54) is 0 Å². The van der Waals surface area contributed by atoms with Crippen LogP contribution < -0.4 is 10.6 Å². The topological polar surface area (TPSA) is 102 Å². The van der Waals surface area contributed by atoms with Crippen molar-refractivity contribution in [2.45, 2.75) is 38.5 Å². The number of nitrogens with one attached hydrogen (secondary N) is 2. The van der Waals surface area contributed by atoms with Gasteiger partial charge in [0.25, 0.3) is 0 Å². The lowest BCUT2D eigenvalue weighted by molar-refractivity contribution is -0.137. The van der Waals surface area contributed by atoms with Gasteiger partial charge in [-0.3, -0.25) is 4.79 Å². The largest absolute Gasteiger partial charge is 0.481 e. The maximum absolute atomic E-state index is 11.4. The number of amides is 2. The smallest absolute Gasteiger partial charge is 0.314 e. The molecule has 0 unspecified atom stereocenters. The SMILES string of the molecule is N#CC1CCC(CNC(=O)NCCCC(=O)O)CC1. The molecule has 0 radical (unpaired) electrons. The number of hydrogen-bond acceptors (Lipinski definition) is 3. The zero-order valence-corrected chi connectivity index (χ0v) is 11.0. The van der Waals surface area contributed by atoms with Crippen LogP contribution in [0.1, 0.15) is 38.5 Å². The Balaban J connectivity index is 2.04. The van der Waals surface area contributed by atoms with Crippen molar-refractivity contribution in [2.75, 3.05) is 13.1 Å². The first-order valence-corrected chi connectivity index (χ1v) is 6.75. The van der Waals surface area contributed by atoms with Crippen molar-refractivity contribution in [3.8, 4) is 6.07 Å². The van der Waals surface area contributed by atoms with Crippen LogP contribution in [0.25, 0.3) is 0 Å². The number of carboxylic acids is 1. The summed E-state index contributed by atoms with van der Waals surface area (Å²) >= 11 is 0. The molecule has 6 heteroatoms. The van der Waals surface area contributed by atoms with Crippen LogP contribution in [0, 0.1) is 23.2 Å². The first kappa shape index (κ1) is 15.3. The van der Waals surface area contributed by atoms with E-state index in [4.69, 9.17) is 10.4 Å². The van der Waals surface area contributed by atoms with Crippen LogP contribution in [-0.2, 0) is 4.79 Å². The minimum Gasteiger partial charge on any atom is -0.481 e. The molecule has 19 heavy (non-hydrogen) atoms. The summed E-state index contributed by atoms with van der Waals surface area (Å²) in [5, 5.41) is 22.7. The van der Waals surface area contributed by atoms with Crippen molar-refractivity contribution in [1.82, 2.24) is 10.6 Å². The Hall–Kier alpha value is -1.77. The molecule has 1 fully saturated rings. The van der Waals surface area contributed by atoms with Gasteiger partial charge in [-0.15, -0.1) is 0 Å². The molecular weight excluding hydrogens is 246 g/mol. The highest BCUT2D eigenvalue weighted by Gasteiger charge is 2.20. The number of rotatable bonds is 6. The second kappa shape index (κ2) is 8.35. The normalized spacial score (nSPS) is 22.3. The summed E-state index contributed by atoms with van der Waals surface area (Å²) in [7, 11) is 0. The molecule has 0 atom stereocenters. The third kappa shape index (κ3) is 6.65. The molecule has 0 heterocycles. The van der Waals surface area contributed by atoms with Crippen molar-refractivity contribution in [1.29, 1.82) is 5.26 Å². The number of nitrogens with zero attached hydrogens (tertiary/aromatic N) is 1. The molecule has 2 amide bonds. The first-order chi connectivity index (χ1) is 9.11. The number of urea groups is 1. The molecule has 1 aliphatic rings. The van der Waals surface area contributed by atoms with Gasteiger partial charge in [-0.2, -0.15) is 5.26 Å². The van der Waals surface area contributed by atoms with Gasteiger partial charge in [0, 0.05) is 25.4 Å². The lowest BCUT2D eigenvalue weighted by Gasteiger charge is -2.24. The highest BCUT2D eigenvalue weighted by Crippen LogP contribution is 2.27. The molecule has 0 saturated heterocycles. The average Bonchev–Trinajstić information content (AvgIpc) is 2.41. The summed E-state index contributed by atoms with van der Waals surface area (Å²) in [6, 6.07) is 2.04. The zero-order chi connectivity index (χ0) is 14.1. The maximum atomic E-state index is 11.4. The van der Waals surface area contributed by atoms with Gasteiger partial charge in [-0.05, 0) is 38.0 Å². The van der Waals surface area contributed by atoms with Gasteiger partial charge in [0.15, 0.2) is 0 Å². The summed E-state index contributed by atoms with van der Waals surface area (Å²) in [6.45, 7) is 1.00. The van der Waals surface area contributed by atoms with E-state index in [9.17, 15) is 9.59 Å². The Bertz CT molecular complexity index is 344. The van der Waals surface area contributed by atoms with E-state index in [0.717, 1.165) is 25.7 Å². The molecule has 0 aromatic heterocycles. The Morgan fingerprint density at radius 1 is 1.21 bits per heavy atom. The van der Waals surface area contributed by atoms with Crippen molar-refractivity contribution >= 4 is 12.0 Å². The molecular formula is C13H21N3O3. The van der Waals surface area contributed by atoms with Crippen molar-refractivity contribution in [3.63, 3.8) is 0 Å². The molecule has 0 aliphatic heterocycles. The highest BCUT2D eigenvalue weighted by atomic mass is 16.4. The van der Waals surface area contributed by atoms with Crippen LogP contribution in [0.5, 0.6) is 0 Å².